The van der Waals surface area contributed by atoms with E-state index in [2.05, 4.69) is 65.7 Å². The molecule has 2 aromatic carbocycles. The van der Waals surface area contributed by atoms with Gasteiger partial charge in [0.1, 0.15) is 12.1 Å². The Morgan fingerprint density at radius 2 is 1.18 bits per heavy atom. The van der Waals surface area contributed by atoms with E-state index in [1.165, 1.54) is 5.56 Å². The molecular formula is C31H48N10O3. The predicted octanol–water partition coefficient (Wildman–Crippen LogP) is 0.0830. The quantitative estimate of drug-likeness (QED) is 0.0733. The van der Waals surface area contributed by atoms with E-state index >= 15 is 0 Å². The fourth-order valence-corrected chi connectivity index (χ4v) is 4.43. The van der Waals surface area contributed by atoms with Crippen molar-refractivity contribution in [2.45, 2.75) is 76.4 Å². The summed E-state index contributed by atoms with van der Waals surface area (Å²) < 4.78 is 0. The second-order valence-corrected chi connectivity index (χ2v) is 11.8. The van der Waals surface area contributed by atoms with Crippen molar-refractivity contribution in [2.24, 2.45) is 44.4 Å². The van der Waals surface area contributed by atoms with Gasteiger partial charge in [-0.05, 0) is 53.4 Å². The predicted molar refractivity (Wildman–Crippen MR) is 175 cm³/mol. The minimum Gasteiger partial charge on any atom is -0.370 e. The first-order chi connectivity index (χ1) is 20.7. The van der Waals surface area contributed by atoms with E-state index in [-0.39, 0.29) is 36.7 Å². The monoisotopic (exact) mass is 608 g/mol. The molecule has 2 aromatic rings. The largest absolute Gasteiger partial charge is 0.370 e. The van der Waals surface area contributed by atoms with Crippen molar-refractivity contribution in [2.75, 3.05) is 13.1 Å². The summed E-state index contributed by atoms with van der Waals surface area (Å²) in [6.07, 6.45) is 1.55. The molecule has 14 N–H and O–H groups in total. The molecule has 3 amide bonds. The van der Waals surface area contributed by atoms with Crippen molar-refractivity contribution in [3.63, 3.8) is 0 Å². The van der Waals surface area contributed by atoms with E-state index in [9.17, 15) is 14.4 Å². The van der Waals surface area contributed by atoms with Crippen LogP contribution in [0, 0.1) is 0 Å². The fraction of sp³-hybridized carbons (Fsp3) is 0.452. The summed E-state index contributed by atoms with van der Waals surface area (Å²) in [5, 5.41) is 5.40. The number of primary amides is 1. The van der Waals surface area contributed by atoms with Gasteiger partial charge in [-0.2, -0.15) is 0 Å². The fourth-order valence-electron chi connectivity index (χ4n) is 4.43. The van der Waals surface area contributed by atoms with Crippen LogP contribution in [0.1, 0.15) is 57.6 Å². The van der Waals surface area contributed by atoms with Gasteiger partial charge in [0, 0.05) is 19.5 Å². The summed E-state index contributed by atoms with van der Waals surface area (Å²) in [5.41, 5.74) is 37.2. The van der Waals surface area contributed by atoms with Crippen molar-refractivity contribution in [3.05, 3.63) is 59.7 Å². The molecular weight excluding hydrogens is 560 g/mol. The second kappa shape index (κ2) is 16.8. The topological polar surface area (TPSA) is 256 Å². The van der Waals surface area contributed by atoms with Gasteiger partial charge in [-0.1, -0.05) is 69.3 Å². The van der Waals surface area contributed by atoms with Crippen LogP contribution in [0.15, 0.2) is 58.5 Å². The van der Waals surface area contributed by atoms with Gasteiger partial charge in [-0.15, -0.1) is 0 Å². The molecule has 0 bridgehead atoms. The maximum absolute atomic E-state index is 13.4. The SMILES string of the molecule is CC(C)(C)c1ccc(-c2ccc(C[C@H](NC(=O)[C@@H](N)CCCN=C(N)N)C(=O)N[C@@H](CCCN=C(N)N)C(N)=O)cc2)cc1. The number of rotatable bonds is 16. The van der Waals surface area contributed by atoms with Crippen LogP contribution in [-0.4, -0.2) is 60.9 Å². The molecule has 240 valence electrons. The highest BCUT2D eigenvalue weighted by Gasteiger charge is 2.27. The number of benzene rings is 2. The van der Waals surface area contributed by atoms with Crippen LogP contribution in [0.4, 0.5) is 0 Å². The Morgan fingerprint density at radius 3 is 1.66 bits per heavy atom. The highest BCUT2D eigenvalue weighted by atomic mass is 16.2. The van der Waals surface area contributed by atoms with Crippen molar-refractivity contribution >= 4 is 29.6 Å². The summed E-state index contributed by atoms with van der Waals surface area (Å²) in [4.78, 5) is 46.3. The average Bonchev–Trinajstić information content (AvgIpc) is 2.95. The molecule has 0 aromatic heterocycles. The number of carbonyl (C=O) groups excluding carboxylic acids is 3. The van der Waals surface area contributed by atoms with E-state index < -0.39 is 35.8 Å². The van der Waals surface area contributed by atoms with Gasteiger partial charge in [-0.3, -0.25) is 24.4 Å². The molecule has 0 saturated heterocycles. The zero-order valence-electron chi connectivity index (χ0n) is 25.9. The summed E-state index contributed by atoms with van der Waals surface area (Å²) in [6.45, 7) is 7.08. The molecule has 0 radical (unpaired) electrons. The van der Waals surface area contributed by atoms with Crippen LogP contribution in [0.25, 0.3) is 11.1 Å². The van der Waals surface area contributed by atoms with Crippen LogP contribution < -0.4 is 45.0 Å². The molecule has 0 fully saturated rings. The highest BCUT2D eigenvalue weighted by molar-refractivity contribution is 5.92. The molecule has 3 atom stereocenters. The second-order valence-electron chi connectivity index (χ2n) is 11.8. The van der Waals surface area contributed by atoms with E-state index in [4.69, 9.17) is 34.4 Å². The molecule has 0 spiro atoms. The third-order valence-electron chi connectivity index (χ3n) is 7.02. The Balaban J connectivity index is 2.20. The number of guanidine groups is 2. The van der Waals surface area contributed by atoms with Crippen molar-refractivity contribution in [1.29, 1.82) is 0 Å². The van der Waals surface area contributed by atoms with Crippen LogP contribution in [0.5, 0.6) is 0 Å². The summed E-state index contributed by atoms with van der Waals surface area (Å²) >= 11 is 0. The first-order valence-corrected chi connectivity index (χ1v) is 14.6. The molecule has 0 saturated carbocycles. The summed E-state index contributed by atoms with van der Waals surface area (Å²) in [7, 11) is 0. The maximum atomic E-state index is 13.4. The Kier molecular flexibility index (Phi) is 13.6. The number of amides is 3. The summed E-state index contributed by atoms with van der Waals surface area (Å²) in [6, 6.07) is 13.2. The van der Waals surface area contributed by atoms with Gasteiger partial charge in [0.15, 0.2) is 11.9 Å². The average molecular weight is 609 g/mol. The van der Waals surface area contributed by atoms with E-state index in [0.717, 1.165) is 16.7 Å². The van der Waals surface area contributed by atoms with Gasteiger partial charge in [0.05, 0.1) is 6.04 Å². The molecule has 0 unspecified atom stereocenters. The van der Waals surface area contributed by atoms with E-state index in [0.29, 0.717) is 25.8 Å². The van der Waals surface area contributed by atoms with E-state index in [1.807, 2.05) is 24.3 Å². The van der Waals surface area contributed by atoms with Gasteiger partial charge in [0.25, 0.3) is 0 Å². The zero-order valence-corrected chi connectivity index (χ0v) is 25.9. The number of nitrogens with one attached hydrogen (secondary N) is 2. The normalized spacial score (nSPS) is 13.2. The molecule has 13 nitrogen and oxygen atoms in total. The van der Waals surface area contributed by atoms with Crippen LogP contribution >= 0.6 is 0 Å². The lowest BCUT2D eigenvalue weighted by molar-refractivity contribution is -0.131. The molecule has 0 aliphatic rings. The first-order valence-electron chi connectivity index (χ1n) is 14.6. The highest BCUT2D eigenvalue weighted by Crippen LogP contribution is 2.26. The maximum Gasteiger partial charge on any atom is 0.243 e. The Morgan fingerprint density at radius 1 is 0.705 bits per heavy atom. The molecule has 0 aliphatic carbocycles. The van der Waals surface area contributed by atoms with Gasteiger partial charge >= 0.3 is 0 Å². The molecule has 2 rings (SSSR count). The molecule has 0 heterocycles. The number of nitrogens with two attached hydrogens (primary N) is 6. The Bertz CT molecular complexity index is 1290. The Hall–Kier alpha value is -4.65. The lowest BCUT2D eigenvalue weighted by Gasteiger charge is -2.23. The first kappa shape index (κ1) is 35.5. The van der Waals surface area contributed by atoms with Crippen molar-refractivity contribution in [3.8, 4) is 11.1 Å². The van der Waals surface area contributed by atoms with Crippen molar-refractivity contribution in [1.82, 2.24) is 10.6 Å². The van der Waals surface area contributed by atoms with E-state index in [1.54, 1.807) is 0 Å². The zero-order chi connectivity index (χ0) is 32.9. The minimum absolute atomic E-state index is 0.0463. The van der Waals surface area contributed by atoms with Crippen LogP contribution in [0.2, 0.25) is 0 Å². The molecule has 44 heavy (non-hydrogen) atoms. The molecule has 13 heteroatoms. The number of aliphatic imine (C=N–C) groups is 2. The number of carbonyl (C=O) groups is 3. The van der Waals surface area contributed by atoms with Gasteiger partial charge in [0.2, 0.25) is 17.7 Å². The van der Waals surface area contributed by atoms with Crippen molar-refractivity contribution < 1.29 is 14.4 Å². The molecule has 0 aliphatic heterocycles. The van der Waals surface area contributed by atoms with Gasteiger partial charge in [-0.25, -0.2) is 0 Å². The minimum atomic E-state index is -1.03. The third kappa shape index (κ3) is 12.3. The van der Waals surface area contributed by atoms with Gasteiger partial charge < -0.3 is 45.0 Å². The lowest BCUT2D eigenvalue weighted by Crippen LogP contribution is -2.56. The van der Waals surface area contributed by atoms with Crippen LogP contribution in [0.3, 0.4) is 0 Å². The number of hydrogen-bond donors (Lipinski definition) is 8. The number of hydrogen-bond acceptors (Lipinski definition) is 6. The lowest BCUT2D eigenvalue weighted by atomic mass is 9.86. The number of nitrogens with zero attached hydrogens (tertiary/aromatic N) is 2. The third-order valence-corrected chi connectivity index (χ3v) is 7.02. The standard InChI is InChI=1S/C31H48N10O3/c1-31(2,3)22-14-12-21(13-15-22)20-10-8-19(9-11-20)18-25(41-27(43)23(32)6-4-16-38-29(34)35)28(44)40-24(26(33)42)7-5-17-39-30(36)37/h8-15,23-25H,4-7,16-18,32H2,1-3H3,(H2,33,42)(H,40,44)(H,41,43)(H4,34,35,38)(H4,36,37,39)/t23-,24-,25-/m0/s1. The Labute approximate surface area is 259 Å². The summed E-state index contributed by atoms with van der Waals surface area (Å²) in [5.74, 6) is -1.93. The smallest absolute Gasteiger partial charge is 0.243 e. The van der Waals surface area contributed by atoms with Crippen LogP contribution in [-0.2, 0) is 26.2 Å².